The minimum Gasteiger partial charge on any atom is -0.480 e. The highest BCUT2D eigenvalue weighted by atomic mass is 79.9. The number of urea groups is 1. The van der Waals surface area contributed by atoms with Crippen molar-refractivity contribution < 1.29 is 14.7 Å². The van der Waals surface area contributed by atoms with Crippen LogP contribution in [0.25, 0.3) is 0 Å². The number of carboxylic acids is 1. The quantitative estimate of drug-likeness (QED) is 0.720. The van der Waals surface area contributed by atoms with Crippen LogP contribution in [0.4, 0.5) is 10.5 Å². The lowest BCUT2D eigenvalue weighted by Gasteiger charge is -2.27. The van der Waals surface area contributed by atoms with E-state index in [9.17, 15) is 9.59 Å². The van der Waals surface area contributed by atoms with E-state index in [0.29, 0.717) is 16.6 Å². The number of nitrogens with one attached hydrogen (secondary N) is 1. The van der Waals surface area contributed by atoms with Gasteiger partial charge in [-0.25, -0.2) is 4.79 Å². The summed E-state index contributed by atoms with van der Waals surface area (Å²) in [6.45, 7) is 3.26. The number of carbonyl (C=O) groups is 2. The predicted molar refractivity (Wildman–Crippen MR) is 87.3 cm³/mol. The van der Waals surface area contributed by atoms with Crippen molar-refractivity contribution in [2.45, 2.75) is 26.3 Å². The Morgan fingerprint density at radius 1 is 1.38 bits per heavy atom. The summed E-state index contributed by atoms with van der Waals surface area (Å²) >= 11 is 15.3. The van der Waals surface area contributed by atoms with Gasteiger partial charge in [0.15, 0.2) is 0 Å². The van der Waals surface area contributed by atoms with Crippen molar-refractivity contribution in [3.05, 3.63) is 26.7 Å². The van der Waals surface area contributed by atoms with Gasteiger partial charge in [0, 0.05) is 10.5 Å². The molecule has 0 aliphatic carbocycles. The van der Waals surface area contributed by atoms with Gasteiger partial charge < -0.3 is 15.3 Å². The van der Waals surface area contributed by atoms with Crippen LogP contribution < -0.4 is 5.32 Å². The smallest absolute Gasteiger partial charge is 0.323 e. The maximum Gasteiger partial charge on any atom is 0.323 e. The number of rotatable bonds is 5. The number of hydrogen-bond donors (Lipinski definition) is 2. The SMILES string of the molecule is CCC(C)N(CC(=O)O)C(=O)Nc1ccc(Br)c(Cl)c1Cl. The molecule has 0 aliphatic rings. The Bertz CT molecular complexity index is 554. The molecule has 1 rings (SSSR count). The number of benzene rings is 1. The van der Waals surface area contributed by atoms with Crippen molar-refractivity contribution in [3.8, 4) is 0 Å². The number of halogens is 3. The van der Waals surface area contributed by atoms with Crippen LogP contribution in [0, 0.1) is 0 Å². The maximum absolute atomic E-state index is 12.2. The van der Waals surface area contributed by atoms with Crippen LogP contribution in [0.1, 0.15) is 20.3 Å². The molecule has 1 aromatic carbocycles. The summed E-state index contributed by atoms with van der Waals surface area (Å²) in [4.78, 5) is 24.3. The number of aliphatic carboxylic acids is 1. The van der Waals surface area contributed by atoms with Crippen LogP contribution in [0.5, 0.6) is 0 Å². The lowest BCUT2D eigenvalue weighted by molar-refractivity contribution is -0.138. The van der Waals surface area contributed by atoms with Crippen LogP contribution >= 0.6 is 39.1 Å². The summed E-state index contributed by atoms with van der Waals surface area (Å²) in [7, 11) is 0. The molecule has 2 amide bonds. The van der Waals surface area contributed by atoms with Gasteiger partial charge in [-0.2, -0.15) is 0 Å². The molecule has 0 fully saturated rings. The molecule has 0 heterocycles. The fourth-order valence-electron chi connectivity index (χ4n) is 1.60. The summed E-state index contributed by atoms with van der Waals surface area (Å²) in [5.74, 6) is -1.08. The van der Waals surface area contributed by atoms with Gasteiger partial charge in [-0.15, -0.1) is 0 Å². The topological polar surface area (TPSA) is 69.6 Å². The Morgan fingerprint density at radius 3 is 2.52 bits per heavy atom. The van der Waals surface area contributed by atoms with E-state index in [-0.39, 0.29) is 22.6 Å². The third kappa shape index (κ3) is 4.76. The first kappa shape index (κ1) is 18.1. The third-order valence-electron chi connectivity index (χ3n) is 2.97. The molecular weight excluding hydrogens is 383 g/mol. The van der Waals surface area contributed by atoms with Crippen molar-refractivity contribution >= 4 is 56.8 Å². The zero-order valence-corrected chi connectivity index (χ0v) is 14.6. The van der Waals surface area contributed by atoms with Gasteiger partial charge in [-0.05, 0) is 41.4 Å². The summed E-state index contributed by atoms with van der Waals surface area (Å²) in [6.07, 6.45) is 0.634. The zero-order chi connectivity index (χ0) is 16.2. The van der Waals surface area contributed by atoms with Crippen LogP contribution in [0.15, 0.2) is 16.6 Å². The summed E-state index contributed by atoms with van der Waals surface area (Å²) in [5, 5.41) is 12.0. The van der Waals surface area contributed by atoms with Crippen molar-refractivity contribution in [1.29, 1.82) is 0 Å². The Kier molecular flexibility index (Phi) is 6.77. The highest BCUT2D eigenvalue weighted by Crippen LogP contribution is 2.35. The van der Waals surface area contributed by atoms with Gasteiger partial charge >= 0.3 is 12.0 Å². The second kappa shape index (κ2) is 7.87. The van der Waals surface area contributed by atoms with Crippen molar-refractivity contribution in [1.82, 2.24) is 4.90 Å². The minimum absolute atomic E-state index is 0.193. The number of anilines is 1. The van der Waals surface area contributed by atoms with E-state index < -0.39 is 12.0 Å². The van der Waals surface area contributed by atoms with Gasteiger partial charge in [0.1, 0.15) is 6.54 Å². The summed E-state index contributed by atoms with van der Waals surface area (Å²) in [6, 6.07) is 2.48. The molecule has 0 spiro atoms. The number of hydrogen-bond acceptors (Lipinski definition) is 2. The fraction of sp³-hybridized carbons (Fsp3) is 0.385. The summed E-state index contributed by atoms with van der Waals surface area (Å²) in [5.41, 5.74) is 0.327. The van der Waals surface area contributed by atoms with Gasteiger partial charge in [0.25, 0.3) is 0 Å². The van der Waals surface area contributed by atoms with Gasteiger partial charge in [-0.3, -0.25) is 4.79 Å². The van der Waals surface area contributed by atoms with E-state index in [1.165, 1.54) is 4.90 Å². The average molecular weight is 398 g/mol. The molecule has 0 saturated heterocycles. The van der Waals surface area contributed by atoms with Crippen molar-refractivity contribution in [2.24, 2.45) is 0 Å². The normalized spacial score (nSPS) is 11.9. The van der Waals surface area contributed by atoms with E-state index in [2.05, 4.69) is 21.2 Å². The first-order chi connectivity index (χ1) is 9.77. The fourth-order valence-corrected chi connectivity index (χ4v) is 2.42. The van der Waals surface area contributed by atoms with Crippen molar-refractivity contribution in [2.75, 3.05) is 11.9 Å². The molecule has 0 aromatic heterocycles. The predicted octanol–water partition coefficient (Wildman–Crippen LogP) is 4.47. The molecule has 0 saturated carbocycles. The molecule has 2 N–H and O–H groups in total. The summed E-state index contributed by atoms with van der Waals surface area (Å²) < 4.78 is 0.608. The third-order valence-corrected chi connectivity index (χ3v) is 4.74. The van der Waals surface area contributed by atoms with Crippen LogP contribution in [0.3, 0.4) is 0 Å². The van der Waals surface area contributed by atoms with Crippen LogP contribution in [-0.2, 0) is 4.79 Å². The minimum atomic E-state index is -1.08. The number of carboxylic acid groups (broad SMARTS) is 1. The molecule has 0 radical (unpaired) electrons. The second-order valence-electron chi connectivity index (χ2n) is 4.43. The standard InChI is InChI=1S/C13H15BrCl2N2O3/c1-3-7(2)18(6-10(19)20)13(21)17-9-5-4-8(14)11(15)12(9)16/h4-5,7H,3,6H2,1-2H3,(H,17,21)(H,19,20). The lowest BCUT2D eigenvalue weighted by atomic mass is 10.2. The van der Waals surface area contributed by atoms with Crippen LogP contribution in [-0.4, -0.2) is 34.6 Å². The van der Waals surface area contributed by atoms with E-state index in [0.717, 1.165) is 0 Å². The molecule has 1 atom stereocenters. The molecule has 116 valence electrons. The van der Waals surface area contributed by atoms with E-state index in [4.69, 9.17) is 28.3 Å². The van der Waals surface area contributed by atoms with Crippen molar-refractivity contribution in [3.63, 3.8) is 0 Å². The molecule has 21 heavy (non-hydrogen) atoms. The van der Waals surface area contributed by atoms with Gasteiger partial charge in [-0.1, -0.05) is 30.1 Å². The molecule has 1 unspecified atom stereocenters. The maximum atomic E-state index is 12.2. The van der Waals surface area contributed by atoms with Crippen LogP contribution in [0.2, 0.25) is 10.0 Å². The molecule has 5 nitrogen and oxygen atoms in total. The van der Waals surface area contributed by atoms with E-state index in [1.54, 1.807) is 19.1 Å². The molecule has 0 aliphatic heterocycles. The van der Waals surface area contributed by atoms with E-state index >= 15 is 0 Å². The number of nitrogens with zero attached hydrogens (tertiary/aromatic N) is 1. The molecular formula is C13H15BrCl2N2O3. The first-order valence-corrected chi connectivity index (χ1v) is 7.75. The molecule has 0 bridgehead atoms. The Balaban J connectivity index is 2.96. The second-order valence-corrected chi connectivity index (χ2v) is 6.04. The Hall–Kier alpha value is -0.980. The largest absolute Gasteiger partial charge is 0.480 e. The number of amides is 2. The number of carbonyl (C=O) groups excluding carboxylic acids is 1. The Morgan fingerprint density at radius 2 is 2.00 bits per heavy atom. The monoisotopic (exact) mass is 396 g/mol. The van der Waals surface area contributed by atoms with Gasteiger partial charge in [0.2, 0.25) is 0 Å². The highest BCUT2D eigenvalue weighted by Gasteiger charge is 2.22. The van der Waals surface area contributed by atoms with Gasteiger partial charge in [0.05, 0.1) is 15.7 Å². The zero-order valence-electron chi connectivity index (χ0n) is 11.5. The molecule has 8 heteroatoms. The molecule has 1 aromatic rings. The first-order valence-electron chi connectivity index (χ1n) is 6.20. The van der Waals surface area contributed by atoms with E-state index in [1.807, 2.05) is 6.92 Å². The lowest BCUT2D eigenvalue weighted by Crippen LogP contribution is -2.44. The highest BCUT2D eigenvalue weighted by molar-refractivity contribution is 9.10. The Labute approximate surface area is 141 Å². The average Bonchev–Trinajstić information content (AvgIpc) is 2.44.